The fraction of sp³-hybridized carbons (Fsp3) is 0.473. The number of fused-ring (bicyclic) bond motifs is 3. The van der Waals surface area contributed by atoms with E-state index in [1.165, 1.54) is 35.4 Å². The largest absolute Gasteiger partial charge is 0.495 e. The second-order valence-electron chi connectivity index (χ2n) is 35.2. The first-order valence-corrected chi connectivity index (χ1v) is 49.5. The number of amides is 11. The Morgan fingerprint density at radius 3 is 2.05 bits per heavy atom. The molecule has 1 saturated heterocycles. The molecule has 0 bridgehead atoms. The number of ether oxygens (including phenoxy) is 3. The first kappa shape index (κ1) is 109. The molecule has 7 heterocycles. The van der Waals surface area contributed by atoms with Crippen LogP contribution in [0.1, 0.15) is 186 Å². The summed E-state index contributed by atoms with van der Waals surface area (Å²) in [5.41, 5.74) is 15.2. The molecule has 4 aromatic heterocycles. The fourth-order valence-corrected chi connectivity index (χ4v) is 19.9. The Morgan fingerprint density at radius 1 is 0.733 bits per heavy atom. The van der Waals surface area contributed by atoms with E-state index in [9.17, 15) is 107 Å². The normalized spacial score (nSPS) is 17.6. The second kappa shape index (κ2) is 50.9. The van der Waals surface area contributed by atoms with Crippen LogP contribution in [0.5, 0.6) is 5.75 Å². The number of hydrogen-bond donors (Lipinski definition) is 19. The summed E-state index contributed by atoms with van der Waals surface area (Å²) in [6, 6.07) is 2.85. The molecule has 3 aromatic carbocycles. The molecular weight excluding hydrogens is 1950 g/mol. The quantitative estimate of drug-likeness (QED) is 0.00650. The first-order chi connectivity index (χ1) is 69.8. The molecule has 3 aliphatic heterocycles. The number of aromatic amines is 1. The summed E-state index contributed by atoms with van der Waals surface area (Å²) in [5, 5.41) is 90.6. The molecule has 778 valence electrons. The Labute approximate surface area is 841 Å². The molecule has 146 heavy (non-hydrogen) atoms. The summed E-state index contributed by atoms with van der Waals surface area (Å²) >= 11 is 0. The summed E-state index contributed by atoms with van der Waals surface area (Å²) in [6.07, 6.45) is 4.79. The lowest BCUT2D eigenvalue weighted by molar-refractivity contribution is -0.144. The van der Waals surface area contributed by atoms with Gasteiger partial charge in [0, 0.05) is 97.0 Å². The van der Waals surface area contributed by atoms with Gasteiger partial charge in [-0.2, -0.15) is 9.97 Å². The number of nitrogens with two attached hydrogens (primary N) is 2. The van der Waals surface area contributed by atoms with Crippen molar-refractivity contribution >= 4 is 168 Å². The van der Waals surface area contributed by atoms with Crippen LogP contribution in [0.3, 0.4) is 0 Å². The van der Waals surface area contributed by atoms with Crippen LogP contribution in [0.15, 0.2) is 84.0 Å². The molecule has 3 unspecified atom stereocenters. The summed E-state index contributed by atoms with van der Waals surface area (Å²) in [6.45, 7) is 5.54. The number of aromatic nitrogens is 9. The minimum Gasteiger partial charge on any atom is -0.495 e. The van der Waals surface area contributed by atoms with E-state index in [1.54, 1.807) is 66.9 Å². The number of nitrogen functional groups attached to an aromatic ring is 1. The highest BCUT2D eigenvalue weighted by Crippen LogP contribution is 2.42. The van der Waals surface area contributed by atoms with Crippen molar-refractivity contribution in [3.8, 4) is 28.8 Å². The standard InChI is InChI=1S/C93H114N26O25S2/c1-6-67-87(136)115(4)69-43-100-92(111-78(69)119(67)56-15-7-8-16-56)108-59-28-21-51(37-70(59)142-5)65-45-118(114-113-65)55-26-24-54(25-27-55)116(34-36-143-35-10-9-13-49-14-11-17-57-58(49)44-117(86(57)135)68-30-32-72(121)109-84(68)133)93(141)144-47(2)48(3)146-145-46-66(89(139)140)107-83(132)64(40-75(126)127)106-82(131)63(39-74(124)125)105-80(129)60(18-12-33-97-90(94)95)103-81(130)62(38-73(122)123)102-71(120)31-29-61(88(137)138)104-79(128)50-19-22-52(23-20-50)98-41-53-42-99-77-76(101-53)85(134)112-91(96)110-77/h11,14,17,19-23,28,37,42-43,45,47-48,54-56,60-64,66-68,98H,6-8,10,12,15-16,18,24-27,29-36,38-41,44,46H2,1-5H3,(H,102,120)(H,103,130)(H,104,128)(H,105,129)(H,106,131)(H,107,132)(H,122,123)(H,124,125)(H,126,127)(H,137,138)(H,139,140)(H4,94,95,97)(H,100,108,111)(H,109,121,133)(H3,96,99,110,112,134)/t47?,48?,54?,55?,60-,61+,62-,63-,64-,66-,67-,68?/m1/s1. The predicted octanol–water partition coefficient (Wildman–Crippen LogP) is 2.37. The van der Waals surface area contributed by atoms with Crippen molar-refractivity contribution in [1.29, 1.82) is 5.41 Å². The van der Waals surface area contributed by atoms with Crippen LogP contribution in [0, 0.1) is 17.3 Å². The molecule has 10 atom stereocenters. The van der Waals surface area contributed by atoms with Gasteiger partial charge in [-0.3, -0.25) is 82.8 Å². The maximum Gasteiger partial charge on any atom is 0.410 e. The minimum atomic E-state index is -2.22. The monoisotopic (exact) mass is 2060 g/mol. The van der Waals surface area contributed by atoms with Gasteiger partial charge in [0.05, 0.1) is 82.1 Å². The lowest BCUT2D eigenvalue weighted by Crippen LogP contribution is -2.59. The number of benzene rings is 3. The third-order valence-corrected chi connectivity index (χ3v) is 28.1. The number of hydrogen-bond acceptors (Lipinski definition) is 34. The van der Waals surface area contributed by atoms with E-state index in [1.807, 2.05) is 36.6 Å². The van der Waals surface area contributed by atoms with Crippen molar-refractivity contribution in [3.05, 3.63) is 118 Å². The molecular formula is C93H114N26O25S2. The van der Waals surface area contributed by atoms with Crippen LogP contribution in [0.2, 0.25) is 0 Å². The number of piperidine rings is 1. The van der Waals surface area contributed by atoms with Gasteiger partial charge in [-0.25, -0.2) is 34.0 Å². The number of carbonyl (C=O) groups is 16. The van der Waals surface area contributed by atoms with E-state index in [-0.39, 0.29) is 124 Å². The van der Waals surface area contributed by atoms with Gasteiger partial charge in [-0.1, -0.05) is 70.5 Å². The van der Waals surface area contributed by atoms with Gasteiger partial charge >= 0.3 is 35.9 Å². The predicted molar refractivity (Wildman–Crippen MR) is 525 cm³/mol. The first-order valence-electron chi connectivity index (χ1n) is 47.1. The molecule has 21 N–H and O–H groups in total. The molecule has 0 radical (unpaired) electrons. The summed E-state index contributed by atoms with van der Waals surface area (Å²) in [7, 11) is 5.25. The smallest absolute Gasteiger partial charge is 0.410 e. The number of likely N-dealkylation sites (N-methyl/N-ethyl adjacent to an activating group) is 1. The number of guanidine groups is 1. The van der Waals surface area contributed by atoms with Gasteiger partial charge in [0.2, 0.25) is 59.2 Å². The summed E-state index contributed by atoms with van der Waals surface area (Å²) in [4.78, 5) is 255. The van der Waals surface area contributed by atoms with E-state index in [2.05, 4.69) is 99.8 Å². The van der Waals surface area contributed by atoms with Crippen LogP contribution in [0.25, 0.3) is 22.4 Å². The summed E-state index contributed by atoms with van der Waals surface area (Å²) in [5.74, 6) is -10.8. The number of anilines is 6. The number of H-pyrrole nitrogens is 1. The maximum atomic E-state index is 14.7. The van der Waals surface area contributed by atoms with Gasteiger partial charge in [0.25, 0.3) is 17.4 Å². The lowest BCUT2D eigenvalue weighted by atomic mass is 9.90. The average Bonchev–Trinajstić information content (AvgIpc) is 1.63. The third kappa shape index (κ3) is 29.0. The van der Waals surface area contributed by atoms with Gasteiger partial charge < -0.3 is 119 Å². The van der Waals surface area contributed by atoms with E-state index < -0.39 is 193 Å². The van der Waals surface area contributed by atoms with Crippen molar-refractivity contribution in [1.82, 2.24) is 97.2 Å². The van der Waals surface area contributed by atoms with Crippen molar-refractivity contribution < 1.29 is 116 Å². The minimum absolute atomic E-state index is 0.000230. The molecule has 3 fully saturated rings. The molecule has 5 aliphatic rings. The Balaban J connectivity index is 0.647. The van der Waals surface area contributed by atoms with Crippen molar-refractivity contribution in [2.24, 2.45) is 5.73 Å². The summed E-state index contributed by atoms with van der Waals surface area (Å²) < 4.78 is 19.9. The van der Waals surface area contributed by atoms with Crippen LogP contribution in [-0.2, 0) is 84.9 Å². The number of methoxy groups -OCH3 is 1. The van der Waals surface area contributed by atoms with E-state index in [0.29, 0.717) is 100 Å². The lowest BCUT2D eigenvalue weighted by Gasteiger charge is -2.43. The Morgan fingerprint density at radius 2 is 1.40 bits per heavy atom. The number of imide groups is 1. The van der Waals surface area contributed by atoms with Crippen molar-refractivity contribution in [2.75, 3.05) is 72.4 Å². The molecule has 0 spiro atoms. The molecule has 2 aliphatic carbocycles. The number of aliphatic carboxylic acids is 5. The highest BCUT2D eigenvalue weighted by molar-refractivity contribution is 8.77. The number of nitrogens with one attached hydrogen (secondary N) is 12. The number of carboxylic acids is 5. The van der Waals surface area contributed by atoms with Gasteiger partial charge in [0.1, 0.15) is 71.6 Å². The molecule has 51 nitrogen and oxygen atoms in total. The average molecular weight is 2060 g/mol. The SMILES string of the molecule is CC[C@@H]1C(=O)N(C)c2cnc(Nc3ccc(-c4cn(C5CCC(N(CCOCCC#Cc6cccc7c6CN(C6CCC(=O)NC6=O)C7=O)C(=O)OC(C)C(C)SSC[C@@H](NC(=O)[C@@H](CC(=O)O)NC(=O)[C@@H](CC(=O)O)NC(=O)[C@@H](CCCNC(=N)N)NC(=O)[C@@H](CC(=O)O)NC(=O)CC[C@H](NC(=O)c6ccc(NCc7cnc8nc(N)[nH]c(=O)c8n7)cc6)C(=O)O)C(=O)O)CC5)nn4)cc3OC)nc2N1C1CCCC1. The highest BCUT2D eigenvalue weighted by Gasteiger charge is 2.45. The second-order valence-corrected chi connectivity index (χ2v) is 38.0. The maximum absolute atomic E-state index is 14.7. The van der Waals surface area contributed by atoms with Gasteiger partial charge in [0.15, 0.2) is 22.9 Å². The molecule has 53 heteroatoms. The zero-order chi connectivity index (χ0) is 105. The third-order valence-electron chi connectivity index (χ3n) is 25.1. The van der Waals surface area contributed by atoms with E-state index in [4.69, 9.17) is 36.1 Å². The van der Waals surface area contributed by atoms with Crippen LogP contribution >= 0.6 is 21.6 Å². The topological polar surface area (TPSA) is 739 Å². The Kier molecular flexibility index (Phi) is 37.9. The van der Waals surface area contributed by atoms with Gasteiger partial charge in [-0.15, -0.1) is 5.10 Å². The van der Waals surface area contributed by atoms with Crippen molar-refractivity contribution in [3.63, 3.8) is 0 Å². The van der Waals surface area contributed by atoms with Crippen molar-refractivity contribution in [2.45, 2.75) is 234 Å². The molecule has 11 amide bonds. The zero-order valence-electron chi connectivity index (χ0n) is 80.1. The van der Waals surface area contributed by atoms with Gasteiger partial charge in [-0.05, 0) is 139 Å². The number of carbonyl (C=O) groups excluding carboxylic acids is 11. The molecule has 12 rings (SSSR count). The van der Waals surface area contributed by atoms with E-state index >= 15 is 0 Å². The highest BCUT2D eigenvalue weighted by atomic mass is 33.1. The fourth-order valence-electron chi connectivity index (χ4n) is 17.3. The Bertz CT molecular complexity index is 6210. The van der Waals surface area contributed by atoms with Crippen LogP contribution < -0.4 is 84.7 Å². The van der Waals surface area contributed by atoms with Crippen LogP contribution in [-0.4, -0.2) is 299 Å². The number of carboxylic acid groups (broad SMARTS) is 5. The zero-order valence-corrected chi connectivity index (χ0v) is 81.8. The molecule has 2 saturated carbocycles. The van der Waals surface area contributed by atoms with E-state index in [0.717, 1.165) is 47.3 Å². The number of nitrogens with zero attached hydrogens (tertiary/aromatic N) is 12. The number of rotatable bonds is 49. The molecule has 7 aromatic rings. The Hall–Kier alpha value is -15.9. The van der Waals surface area contributed by atoms with Crippen LogP contribution in [0.4, 0.5) is 39.6 Å².